The summed E-state index contributed by atoms with van der Waals surface area (Å²) in [6.45, 7) is 10.6. The number of aromatic nitrogens is 1. The first-order chi connectivity index (χ1) is 14.9. The van der Waals surface area contributed by atoms with Crippen LogP contribution in [0.3, 0.4) is 0 Å². The number of anilines is 2. The SMILES string of the molecule is [C-]#[N+]c1ccc(Nc2nc(Oc3c(C)cc(C#N)cc3C)c(CCl)cc2[N+](=O)[O-])cc1. The number of benzene rings is 2. The summed E-state index contributed by atoms with van der Waals surface area (Å²) >= 11 is 6.01. The van der Waals surface area contributed by atoms with Crippen molar-refractivity contribution in [2.75, 3.05) is 5.32 Å². The molecule has 0 aliphatic heterocycles. The van der Waals surface area contributed by atoms with E-state index in [1.54, 1.807) is 50.2 Å². The summed E-state index contributed by atoms with van der Waals surface area (Å²) in [6, 6.07) is 13.2. The molecular formula is C22H16ClN5O3. The number of nitrogens with zero attached hydrogens (tertiary/aromatic N) is 4. The molecule has 154 valence electrons. The van der Waals surface area contributed by atoms with Gasteiger partial charge in [-0.3, -0.25) is 10.1 Å². The van der Waals surface area contributed by atoms with Crippen LogP contribution >= 0.6 is 11.6 Å². The Morgan fingerprint density at radius 1 is 1.26 bits per heavy atom. The Balaban J connectivity index is 2.06. The molecule has 0 saturated heterocycles. The summed E-state index contributed by atoms with van der Waals surface area (Å²) in [5, 5.41) is 23.6. The molecule has 1 aromatic heterocycles. The lowest BCUT2D eigenvalue weighted by Crippen LogP contribution is -2.04. The van der Waals surface area contributed by atoms with E-state index in [0.717, 1.165) is 11.1 Å². The van der Waals surface area contributed by atoms with E-state index in [1.807, 2.05) is 0 Å². The van der Waals surface area contributed by atoms with Gasteiger partial charge >= 0.3 is 5.69 Å². The van der Waals surface area contributed by atoms with Crippen LogP contribution < -0.4 is 10.1 Å². The first-order valence-electron chi connectivity index (χ1n) is 9.04. The molecule has 1 N–H and O–H groups in total. The number of nitro groups is 1. The van der Waals surface area contributed by atoms with E-state index in [4.69, 9.17) is 28.2 Å². The Bertz CT molecular complexity index is 1220. The third kappa shape index (κ3) is 4.72. The Labute approximate surface area is 183 Å². The summed E-state index contributed by atoms with van der Waals surface area (Å²) in [7, 11) is 0. The average molecular weight is 434 g/mol. The monoisotopic (exact) mass is 433 g/mol. The second kappa shape index (κ2) is 9.12. The van der Waals surface area contributed by atoms with Gasteiger partial charge < -0.3 is 10.1 Å². The zero-order chi connectivity index (χ0) is 22.5. The van der Waals surface area contributed by atoms with E-state index < -0.39 is 4.92 Å². The summed E-state index contributed by atoms with van der Waals surface area (Å²) < 4.78 is 6.00. The maximum atomic E-state index is 11.6. The highest BCUT2D eigenvalue weighted by Gasteiger charge is 2.22. The highest BCUT2D eigenvalue weighted by Crippen LogP contribution is 2.36. The van der Waals surface area contributed by atoms with Crippen LogP contribution in [0.2, 0.25) is 0 Å². The second-order valence-corrected chi connectivity index (χ2v) is 6.92. The maximum absolute atomic E-state index is 11.6. The van der Waals surface area contributed by atoms with Crippen LogP contribution in [0.4, 0.5) is 22.9 Å². The minimum absolute atomic E-state index is 0.0200. The lowest BCUT2D eigenvalue weighted by atomic mass is 10.1. The van der Waals surface area contributed by atoms with Crippen molar-refractivity contribution >= 4 is 34.5 Å². The van der Waals surface area contributed by atoms with E-state index in [0.29, 0.717) is 28.3 Å². The van der Waals surface area contributed by atoms with Gasteiger partial charge in [0.2, 0.25) is 11.7 Å². The van der Waals surface area contributed by atoms with Crippen LogP contribution in [0.25, 0.3) is 4.85 Å². The van der Waals surface area contributed by atoms with Gasteiger partial charge in [-0.2, -0.15) is 10.2 Å². The number of hydrogen-bond donors (Lipinski definition) is 1. The molecule has 9 heteroatoms. The fourth-order valence-corrected chi connectivity index (χ4v) is 3.16. The molecule has 0 spiro atoms. The zero-order valence-corrected chi connectivity index (χ0v) is 17.4. The van der Waals surface area contributed by atoms with Gasteiger partial charge in [0.05, 0.1) is 29.0 Å². The van der Waals surface area contributed by atoms with Crippen molar-refractivity contribution in [3.05, 3.63) is 86.2 Å². The largest absolute Gasteiger partial charge is 0.438 e. The van der Waals surface area contributed by atoms with E-state index in [2.05, 4.69) is 21.2 Å². The predicted molar refractivity (Wildman–Crippen MR) is 117 cm³/mol. The summed E-state index contributed by atoms with van der Waals surface area (Å²) in [6.07, 6.45) is 0. The van der Waals surface area contributed by atoms with Crippen molar-refractivity contribution in [1.82, 2.24) is 4.98 Å². The molecule has 0 atom stereocenters. The minimum Gasteiger partial charge on any atom is -0.438 e. The Kier molecular flexibility index (Phi) is 6.35. The van der Waals surface area contributed by atoms with E-state index in [-0.39, 0.29) is 23.3 Å². The molecule has 0 aliphatic carbocycles. The number of alkyl halides is 1. The van der Waals surface area contributed by atoms with Crippen molar-refractivity contribution in [1.29, 1.82) is 5.26 Å². The van der Waals surface area contributed by atoms with E-state index in [9.17, 15) is 10.1 Å². The first kappa shape index (κ1) is 21.6. The zero-order valence-electron chi connectivity index (χ0n) is 16.6. The highest BCUT2D eigenvalue weighted by atomic mass is 35.5. The first-order valence-corrected chi connectivity index (χ1v) is 9.57. The minimum atomic E-state index is -0.555. The van der Waals surface area contributed by atoms with Crippen LogP contribution in [0.1, 0.15) is 22.3 Å². The summed E-state index contributed by atoms with van der Waals surface area (Å²) in [5.74, 6) is 0.557. The van der Waals surface area contributed by atoms with E-state index in [1.165, 1.54) is 6.07 Å². The van der Waals surface area contributed by atoms with Gasteiger partial charge in [0.25, 0.3) is 0 Å². The van der Waals surface area contributed by atoms with Gasteiger partial charge in [0.1, 0.15) is 5.75 Å². The quantitative estimate of drug-likeness (QED) is 0.211. The number of nitrogens with one attached hydrogen (secondary N) is 1. The molecule has 8 nitrogen and oxygen atoms in total. The Morgan fingerprint density at radius 3 is 2.42 bits per heavy atom. The molecule has 31 heavy (non-hydrogen) atoms. The van der Waals surface area contributed by atoms with Crippen molar-refractivity contribution in [2.45, 2.75) is 19.7 Å². The Hall–Kier alpha value is -4.14. The van der Waals surface area contributed by atoms with Crippen LogP contribution in [0.5, 0.6) is 11.6 Å². The molecule has 3 rings (SSSR count). The molecule has 0 saturated carbocycles. The van der Waals surface area contributed by atoms with Crippen molar-refractivity contribution < 1.29 is 9.66 Å². The van der Waals surface area contributed by atoms with Crippen molar-refractivity contribution in [2.24, 2.45) is 0 Å². The van der Waals surface area contributed by atoms with Crippen LogP contribution in [-0.2, 0) is 5.88 Å². The molecule has 0 radical (unpaired) electrons. The number of pyridine rings is 1. The molecule has 1 heterocycles. The molecule has 0 fully saturated rings. The molecular weight excluding hydrogens is 418 g/mol. The number of nitriles is 1. The van der Waals surface area contributed by atoms with Crippen LogP contribution in [0.15, 0.2) is 42.5 Å². The van der Waals surface area contributed by atoms with Gasteiger partial charge in [-0.25, -0.2) is 4.85 Å². The fourth-order valence-electron chi connectivity index (χ4n) is 2.97. The molecule has 3 aromatic rings. The van der Waals surface area contributed by atoms with Crippen LogP contribution in [-0.4, -0.2) is 9.91 Å². The highest BCUT2D eigenvalue weighted by molar-refractivity contribution is 6.17. The molecule has 0 unspecified atom stereocenters. The molecule has 0 amide bonds. The Morgan fingerprint density at radius 2 is 1.90 bits per heavy atom. The number of rotatable bonds is 6. The summed E-state index contributed by atoms with van der Waals surface area (Å²) in [5.41, 5.74) is 3.01. The molecule has 0 bridgehead atoms. The average Bonchev–Trinajstić information content (AvgIpc) is 2.76. The predicted octanol–water partition coefficient (Wildman–Crippen LogP) is 6.30. The molecule has 0 aliphatic rings. The topological polar surface area (TPSA) is 105 Å². The van der Waals surface area contributed by atoms with Crippen molar-refractivity contribution in [3.63, 3.8) is 0 Å². The number of aryl methyl sites for hydroxylation is 2. The normalized spacial score (nSPS) is 10.1. The molecule has 2 aromatic carbocycles. The number of ether oxygens (including phenoxy) is 1. The standard InChI is InChI=1S/C22H16ClN5O3/c1-13-8-15(12-24)9-14(2)20(13)31-22-16(11-23)10-19(28(29)30)21(27-22)26-18-6-4-17(25-3)5-7-18/h4-10H,11H2,1-2H3,(H,26,27). The number of halogens is 1. The van der Waals surface area contributed by atoms with Crippen LogP contribution in [0, 0.1) is 41.9 Å². The van der Waals surface area contributed by atoms with Crippen molar-refractivity contribution in [3.8, 4) is 17.7 Å². The van der Waals surface area contributed by atoms with E-state index >= 15 is 0 Å². The smallest absolute Gasteiger partial charge is 0.312 e. The van der Waals surface area contributed by atoms with Gasteiger partial charge in [-0.05, 0) is 49.2 Å². The second-order valence-electron chi connectivity index (χ2n) is 6.65. The van der Waals surface area contributed by atoms with Gasteiger partial charge in [0, 0.05) is 17.3 Å². The third-order valence-corrected chi connectivity index (χ3v) is 4.72. The lowest BCUT2D eigenvalue weighted by molar-refractivity contribution is -0.384. The maximum Gasteiger partial charge on any atom is 0.312 e. The van der Waals surface area contributed by atoms with Gasteiger partial charge in [0.15, 0.2) is 5.69 Å². The fraction of sp³-hybridized carbons (Fsp3) is 0.136. The van der Waals surface area contributed by atoms with Gasteiger partial charge in [-0.1, -0.05) is 12.1 Å². The summed E-state index contributed by atoms with van der Waals surface area (Å²) in [4.78, 5) is 18.7. The third-order valence-electron chi connectivity index (χ3n) is 4.43. The van der Waals surface area contributed by atoms with Gasteiger partial charge in [-0.15, -0.1) is 11.6 Å². The lowest BCUT2D eigenvalue weighted by Gasteiger charge is -2.15. The number of hydrogen-bond acceptors (Lipinski definition) is 6.